The molecule has 62 heavy (non-hydrogen) atoms. The lowest BCUT2D eigenvalue weighted by Crippen LogP contribution is -2.16. The van der Waals surface area contributed by atoms with E-state index in [1.807, 2.05) is 24.3 Å². The molecule has 0 saturated heterocycles. The molecule has 1 heterocycles. The molecule has 1 aromatic heterocycles. The molecule has 0 unspecified atom stereocenters. The van der Waals surface area contributed by atoms with Crippen molar-refractivity contribution in [2.24, 2.45) is 0 Å². The van der Waals surface area contributed by atoms with E-state index in [2.05, 4.69) is 210 Å². The van der Waals surface area contributed by atoms with E-state index >= 15 is 0 Å². The van der Waals surface area contributed by atoms with Gasteiger partial charge in [0, 0.05) is 28.4 Å². The number of aromatic nitrogens is 3. The van der Waals surface area contributed by atoms with E-state index in [0.29, 0.717) is 17.6 Å². The van der Waals surface area contributed by atoms with Crippen LogP contribution in [-0.2, 0) is 0 Å². The zero-order valence-electron chi connectivity index (χ0n) is 36.3. The fourth-order valence-corrected chi connectivity index (χ4v) is 9.20. The summed E-state index contributed by atoms with van der Waals surface area (Å²) < 4.78 is 0. The quantitative estimate of drug-likeness (QED) is 0.129. The molecule has 0 aliphatic carbocycles. The van der Waals surface area contributed by atoms with Crippen LogP contribution in [0.25, 0.3) is 45.0 Å². The lowest BCUT2D eigenvalue weighted by Gasteiger charge is -2.28. The Hall–Kier alpha value is -7.43. The number of hydrogen-bond donors (Lipinski definition) is 0. The standard InChI is InChI=1S/C58H50N4/c1-38-32-40(3)53(41(4)33-38)55(54-42(5)34-39(2)35-43(54)6)46-28-30-51(31-29-46)62(52-27-17-25-49(37-52)45-20-12-8-13-21-45)58-60-56(47-22-14-9-15-23-47)59-57(61-58)50-26-16-24-48(36-50)44-18-10-7-11-19-44/h7-37,55H,1-6H3. The molecule has 0 saturated carbocycles. The van der Waals surface area contributed by atoms with Crippen LogP contribution in [-0.4, -0.2) is 15.0 Å². The molecule has 0 radical (unpaired) electrons. The Bertz CT molecular complexity index is 2910. The number of aryl methyl sites for hydroxylation is 6. The van der Waals surface area contributed by atoms with E-state index in [0.717, 1.165) is 44.8 Å². The molecular formula is C58H50N4. The molecule has 0 fully saturated rings. The molecule has 4 heteroatoms. The van der Waals surface area contributed by atoms with Crippen LogP contribution in [0.4, 0.5) is 17.3 Å². The Balaban J connectivity index is 1.25. The molecule has 0 spiro atoms. The summed E-state index contributed by atoms with van der Waals surface area (Å²) in [6.07, 6.45) is 0. The maximum Gasteiger partial charge on any atom is 0.238 e. The Morgan fingerprint density at radius 2 is 0.758 bits per heavy atom. The Labute approximate surface area is 366 Å². The third-order valence-electron chi connectivity index (χ3n) is 11.8. The Morgan fingerprint density at radius 1 is 0.339 bits per heavy atom. The van der Waals surface area contributed by atoms with Gasteiger partial charge in [0.2, 0.25) is 5.95 Å². The van der Waals surface area contributed by atoms with Gasteiger partial charge < -0.3 is 0 Å². The molecule has 0 aliphatic heterocycles. The van der Waals surface area contributed by atoms with Gasteiger partial charge in [0.15, 0.2) is 11.6 Å². The van der Waals surface area contributed by atoms with Gasteiger partial charge in [-0.15, -0.1) is 0 Å². The maximum absolute atomic E-state index is 5.34. The summed E-state index contributed by atoms with van der Waals surface area (Å²) in [7, 11) is 0. The third kappa shape index (κ3) is 8.20. The van der Waals surface area contributed by atoms with Gasteiger partial charge in [-0.05, 0) is 133 Å². The highest BCUT2D eigenvalue weighted by atomic mass is 15.3. The average Bonchev–Trinajstić information content (AvgIpc) is 3.29. The summed E-state index contributed by atoms with van der Waals surface area (Å²) >= 11 is 0. The monoisotopic (exact) mass is 802 g/mol. The van der Waals surface area contributed by atoms with Gasteiger partial charge in [-0.1, -0.05) is 169 Å². The number of hydrogen-bond acceptors (Lipinski definition) is 4. The predicted octanol–water partition coefficient (Wildman–Crippen LogP) is 15.0. The van der Waals surface area contributed by atoms with Gasteiger partial charge in [0.1, 0.15) is 0 Å². The minimum absolute atomic E-state index is 0.0467. The molecule has 4 nitrogen and oxygen atoms in total. The Kier molecular flexibility index (Phi) is 11.1. The molecule has 0 N–H and O–H groups in total. The lowest BCUT2D eigenvalue weighted by atomic mass is 9.77. The first-order valence-corrected chi connectivity index (χ1v) is 21.4. The topological polar surface area (TPSA) is 41.9 Å². The summed E-state index contributed by atoms with van der Waals surface area (Å²) in [5.41, 5.74) is 19.9. The lowest BCUT2D eigenvalue weighted by molar-refractivity contribution is 0.919. The highest BCUT2D eigenvalue weighted by Gasteiger charge is 2.26. The second-order valence-electron chi connectivity index (χ2n) is 16.5. The molecular weight excluding hydrogens is 753 g/mol. The van der Waals surface area contributed by atoms with Crippen molar-refractivity contribution in [3.63, 3.8) is 0 Å². The van der Waals surface area contributed by atoms with Crippen molar-refractivity contribution >= 4 is 17.3 Å². The minimum Gasteiger partial charge on any atom is -0.279 e. The second-order valence-corrected chi connectivity index (χ2v) is 16.5. The molecule has 0 atom stereocenters. The van der Waals surface area contributed by atoms with Crippen molar-refractivity contribution in [3.8, 4) is 45.0 Å². The highest BCUT2D eigenvalue weighted by Crippen LogP contribution is 2.42. The van der Waals surface area contributed by atoms with E-state index in [4.69, 9.17) is 15.0 Å². The number of nitrogens with zero attached hydrogens (tertiary/aromatic N) is 4. The first kappa shape index (κ1) is 40.0. The SMILES string of the molecule is Cc1cc(C)c(C(c2ccc(N(c3cccc(-c4ccccc4)c3)c3nc(-c4ccccc4)nc(-c4cccc(-c5ccccc5)c4)n3)cc2)c2c(C)cc(C)cc2C)c(C)c1. The van der Waals surface area contributed by atoms with Crippen molar-refractivity contribution < 1.29 is 0 Å². The molecule has 0 aliphatic rings. The molecule has 9 aromatic rings. The highest BCUT2D eigenvalue weighted by molar-refractivity contribution is 5.79. The van der Waals surface area contributed by atoms with Crippen molar-refractivity contribution in [1.82, 2.24) is 15.0 Å². The normalized spacial score (nSPS) is 11.2. The fourth-order valence-electron chi connectivity index (χ4n) is 9.20. The number of benzene rings is 8. The smallest absolute Gasteiger partial charge is 0.238 e. The maximum atomic E-state index is 5.34. The molecule has 0 bridgehead atoms. The average molecular weight is 803 g/mol. The summed E-state index contributed by atoms with van der Waals surface area (Å²) in [6.45, 7) is 13.4. The van der Waals surface area contributed by atoms with Crippen LogP contribution in [0.1, 0.15) is 56.0 Å². The van der Waals surface area contributed by atoms with E-state index in [1.54, 1.807) is 0 Å². The van der Waals surface area contributed by atoms with Crippen LogP contribution in [0.2, 0.25) is 0 Å². The van der Waals surface area contributed by atoms with E-state index < -0.39 is 0 Å². The predicted molar refractivity (Wildman–Crippen MR) is 259 cm³/mol. The summed E-state index contributed by atoms with van der Waals surface area (Å²) in [5, 5.41) is 0. The van der Waals surface area contributed by atoms with Gasteiger partial charge >= 0.3 is 0 Å². The number of rotatable bonds is 10. The third-order valence-corrected chi connectivity index (χ3v) is 11.8. The molecule has 302 valence electrons. The van der Waals surface area contributed by atoms with Crippen molar-refractivity contribution in [3.05, 3.63) is 238 Å². The minimum atomic E-state index is 0.0467. The van der Waals surface area contributed by atoms with E-state index in [9.17, 15) is 0 Å². The van der Waals surface area contributed by atoms with Gasteiger partial charge in [0.25, 0.3) is 0 Å². The Morgan fingerprint density at radius 3 is 1.27 bits per heavy atom. The zero-order chi connectivity index (χ0) is 42.7. The van der Waals surface area contributed by atoms with Crippen molar-refractivity contribution in [2.75, 3.05) is 4.90 Å². The summed E-state index contributed by atoms with van der Waals surface area (Å²) in [4.78, 5) is 17.9. The number of anilines is 3. The largest absolute Gasteiger partial charge is 0.279 e. The van der Waals surface area contributed by atoms with Crippen molar-refractivity contribution in [2.45, 2.75) is 47.5 Å². The van der Waals surface area contributed by atoms with Crippen LogP contribution in [0.3, 0.4) is 0 Å². The van der Waals surface area contributed by atoms with Crippen LogP contribution in [0.15, 0.2) is 188 Å². The van der Waals surface area contributed by atoms with Crippen LogP contribution in [0.5, 0.6) is 0 Å². The van der Waals surface area contributed by atoms with Crippen LogP contribution in [0, 0.1) is 41.5 Å². The van der Waals surface area contributed by atoms with E-state index in [1.165, 1.54) is 50.1 Å². The second kappa shape index (κ2) is 17.3. The molecule has 0 amide bonds. The summed E-state index contributed by atoms with van der Waals surface area (Å²) in [5.74, 6) is 1.78. The van der Waals surface area contributed by atoms with Gasteiger partial charge in [-0.3, -0.25) is 4.90 Å². The molecule has 8 aromatic carbocycles. The van der Waals surface area contributed by atoms with Crippen LogP contribution >= 0.6 is 0 Å². The van der Waals surface area contributed by atoms with Crippen LogP contribution < -0.4 is 4.90 Å². The fraction of sp³-hybridized carbons (Fsp3) is 0.121. The van der Waals surface area contributed by atoms with Gasteiger partial charge in [0.05, 0.1) is 0 Å². The van der Waals surface area contributed by atoms with Crippen molar-refractivity contribution in [1.29, 1.82) is 0 Å². The molecule has 9 rings (SSSR count). The first-order valence-electron chi connectivity index (χ1n) is 21.4. The van der Waals surface area contributed by atoms with Gasteiger partial charge in [-0.2, -0.15) is 9.97 Å². The van der Waals surface area contributed by atoms with E-state index in [-0.39, 0.29) is 5.92 Å². The zero-order valence-corrected chi connectivity index (χ0v) is 36.3. The van der Waals surface area contributed by atoms with Gasteiger partial charge in [-0.25, -0.2) is 4.98 Å². The first-order chi connectivity index (χ1) is 30.2. The summed E-state index contributed by atoms with van der Waals surface area (Å²) in [6, 6.07) is 66.6.